The Kier molecular flexibility index (Phi) is 5.90. The largest absolute Gasteiger partial charge is 0.573 e. The first kappa shape index (κ1) is 20.4. The summed E-state index contributed by atoms with van der Waals surface area (Å²) in [6.45, 7) is 0.528. The number of non-ortho nitro benzene ring substituents is 1. The van der Waals surface area contributed by atoms with Gasteiger partial charge in [-0.15, -0.1) is 13.2 Å². The molecule has 0 spiro atoms. The number of rotatable bonds is 6. The lowest BCUT2D eigenvalue weighted by Crippen LogP contribution is -2.36. The van der Waals surface area contributed by atoms with E-state index in [9.17, 15) is 28.1 Å². The van der Waals surface area contributed by atoms with Crippen LogP contribution < -0.4 is 14.4 Å². The summed E-state index contributed by atoms with van der Waals surface area (Å²) in [5, 5.41) is 10.6. The highest BCUT2D eigenvalue weighted by Crippen LogP contribution is 2.33. The van der Waals surface area contributed by atoms with Gasteiger partial charge in [-0.3, -0.25) is 14.9 Å². The maximum Gasteiger partial charge on any atom is 0.573 e. The van der Waals surface area contributed by atoms with Gasteiger partial charge in [-0.1, -0.05) is 0 Å². The van der Waals surface area contributed by atoms with E-state index >= 15 is 0 Å². The van der Waals surface area contributed by atoms with E-state index < -0.39 is 11.3 Å². The number of amides is 1. The van der Waals surface area contributed by atoms with Gasteiger partial charge in [-0.05, 0) is 48.7 Å². The van der Waals surface area contributed by atoms with Crippen LogP contribution in [0.5, 0.6) is 11.5 Å². The van der Waals surface area contributed by atoms with E-state index in [0.29, 0.717) is 36.4 Å². The highest BCUT2D eigenvalue weighted by atomic mass is 19.4. The first-order valence-electron chi connectivity index (χ1n) is 8.79. The van der Waals surface area contributed by atoms with Crippen LogP contribution in [0.3, 0.4) is 0 Å². The Morgan fingerprint density at radius 1 is 1.14 bits per heavy atom. The second-order valence-corrected chi connectivity index (χ2v) is 6.34. The van der Waals surface area contributed by atoms with Gasteiger partial charge in [-0.25, -0.2) is 0 Å². The van der Waals surface area contributed by atoms with Crippen molar-refractivity contribution < 1.29 is 32.4 Å². The van der Waals surface area contributed by atoms with Crippen molar-refractivity contribution in [2.24, 2.45) is 0 Å². The fourth-order valence-electron chi connectivity index (χ4n) is 3.08. The maximum atomic E-state index is 12.6. The standard InChI is InChI=1S/C19H17F3N2O5/c20-19(21,22)29-16-7-8-17-13(12-16)2-1-10-23(17)18(25)9-11-28-15-5-3-14(4-6-15)24(26)27/h3-8,12H,1-2,9-11H2. The molecule has 0 N–H and O–H groups in total. The molecule has 154 valence electrons. The third kappa shape index (κ3) is 5.37. The highest BCUT2D eigenvalue weighted by Gasteiger charge is 2.32. The molecule has 1 aliphatic rings. The number of hydrogen-bond acceptors (Lipinski definition) is 5. The Bertz CT molecular complexity index is 900. The SMILES string of the molecule is O=C(CCOc1ccc([N+](=O)[O-])cc1)N1CCCc2cc(OC(F)(F)F)ccc21. The minimum Gasteiger partial charge on any atom is -0.493 e. The van der Waals surface area contributed by atoms with Gasteiger partial charge < -0.3 is 14.4 Å². The van der Waals surface area contributed by atoms with Crippen molar-refractivity contribution in [2.45, 2.75) is 25.6 Å². The molecule has 1 heterocycles. The molecule has 1 aliphatic heterocycles. The van der Waals surface area contributed by atoms with Crippen LogP contribution in [0, 0.1) is 10.1 Å². The molecule has 2 aromatic carbocycles. The van der Waals surface area contributed by atoms with E-state index in [2.05, 4.69) is 4.74 Å². The van der Waals surface area contributed by atoms with Crippen molar-refractivity contribution in [1.82, 2.24) is 0 Å². The van der Waals surface area contributed by atoms with Crippen LogP contribution in [-0.4, -0.2) is 30.3 Å². The number of ether oxygens (including phenoxy) is 2. The molecule has 29 heavy (non-hydrogen) atoms. The zero-order valence-electron chi connectivity index (χ0n) is 15.1. The first-order chi connectivity index (χ1) is 13.7. The van der Waals surface area contributed by atoms with Crippen LogP contribution >= 0.6 is 0 Å². The van der Waals surface area contributed by atoms with Gasteiger partial charge in [0.2, 0.25) is 5.91 Å². The summed E-state index contributed by atoms with van der Waals surface area (Å²) < 4.78 is 46.5. The molecule has 0 bridgehead atoms. The Morgan fingerprint density at radius 2 is 1.83 bits per heavy atom. The predicted molar refractivity (Wildman–Crippen MR) is 97.0 cm³/mol. The molecule has 0 saturated heterocycles. The number of nitro groups is 1. The number of carbonyl (C=O) groups is 1. The van der Waals surface area contributed by atoms with Crippen molar-refractivity contribution >= 4 is 17.3 Å². The van der Waals surface area contributed by atoms with Crippen molar-refractivity contribution in [3.8, 4) is 11.5 Å². The third-order valence-electron chi connectivity index (χ3n) is 4.34. The number of nitrogens with zero attached hydrogens (tertiary/aromatic N) is 2. The van der Waals surface area contributed by atoms with Crippen molar-refractivity contribution in [2.75, 3.05) is 18.1 Å². The van der Waals surface area contributed by atoms with E-state index in [-0.39, 0.29) is 30.4 Å². The normalized spacial score (nSPS) is 13.6. The summed E-state index contributed by atoms with van der Waals surface area (Å²) >= 11 is 0. The summed E-state index contributed by atoms with van der Waals surface area (Å²) in [5.41, 5.74) is 1.11. The molecular weight excluding hydrogens is 393 g/mol. The molecule has 3 rings (SSSR count). The van der Waals surface area contributed by atoms with Crippen molar-refractivity contribution in [1.29, 1.82) is 0 Å². The molecule has 0 aliphatic carbocycles. The molecule has 2 aromatic rings. The number of benzene rings is 2. The van der Waals surface area contributed by atoms with Crippen LogP contribution in [0.15, 0.2) is 42.5 Å². The van der Waals surface area contributed by atoms with Gasteiger partial charge in [-0.2, -0.15) is 0 Å². The van der Waals surface area contributed by atoms with E-state index in [1.807, 2.05) is 0 Å². The number of nitro benzene ring substituents is 1. The minimum atomic E-state index is -4.77. The lowest BCUT2D eigenvalue weighted by molar-refractivity contribution is -0.384. The van der Waals surface area contributed by atoms with Crippen LogP contribution in [0.1, 0.15) is 18.4 Å². The number of aryl methyl sites for hydroxylation is 1. The molecule has 0 aromatic heterocycles. The predicted octanol–water partition coefficient (Wildman–Crippen LogP) is 4.24. The van der Waals surface area contributed by atoms with Gasteiger partial charge >= 0.3 is 6.36 Å². The summed E-state index contributed by atoms with van der Waals surface area (Å²) in [5.74, 6) is -0.138. The Hall–Kier alpha value is -3.30. The second kappa shape index (κ2) is 8.38. The van der Waals surface area contributed by atoms with Crippen LogP contribution in [0.4, 0.5) is 24.5 Å². The summed E-state index contributed by atoms with van der Waals surface area (Å²) in [4.78, 5) is 24.2. The maximum absolute atomic E-state index is 12.6. The third-order valence-corrected chi connectivity index (χ3v) is 4.34. The zero-order chi connectivity index (χ0) is 21.0. The fraction of sp³-hybridized carbons (Fsp3) is 0.316. The van der Waals surface area contributed by atoms with Gasteiger partial charge in [0, 0.05) is 24.4 Å². The van der Waals surface area contributed by atoms with Crippen molar-refractivity contribution in [3.05, 3.63) is 58.1 Å². The smallest absolute Gasteiger partial charge is 0.493 e. The molecule has 1 amide bonds. The topological polar surface area (TPSA) is 81.9 Å². The number of alkyl halides is 3. The van der Waals surface area contributed by atoms with E-state index in [1.165, 1.54) is 47.4 Å². The summed E-state index contributed by atoms with van der Waals surface area (Å²) in [7, 11) is 0. The molecule has 0 radical (unpaired) electrons. The molecule has 10 heteroatoms. The molecule has 0 fully saturated rings. The summed E-state index contributed by atoms with van der Waals surface area (Å²) in [6, 6.07) is 9.44. The fourth-order valence-corrected chi connectivity index (χ4v) is 3.08. The van der Waals surface area contributed by atoms with E-state index in [4.69, 9.17) is 4.74 Å². The van der Waals surface area contributed by atoms with Crippen LogP contribution in [0.2, 0.25) is 0 Å². The molecule has 0 saturated carbocycles. The van der Waals surface area contributed by atoms with Gasteiger partial charge in [0.05, 0.1) is 18.0 Å². The lowest BCUT2D eigenvalue weighted by Gasteiger charge is -2.30. The number of carbonyl (C=O) groups excluding carboxylic acids is 1. The quantitative estimate of drug-likeness (QED) is 0.526. The Morgan fingerprint density at radius 3 is 2.48 bits per heavy atom. The van der Waals surface area contributed by atoms with E-state index in [0.717, 1.165) is 0 Å². The zero-order valence-corrected chi connectivity index (χ0v) is 15.1. The van der Waals surface area contributed by atoms with Gasteiger partial charge in [0.15, 0.2) is 0 Å². The average Bonchev–Trinajstić information content (AvgIpc) is 2.66. The Labute approximate surface area is 163 Å². The summed E-state index contributed by atoms with van der Waals surface area (Å²) in [6.07, 6.45) is -3.55. The number of fused-ring (bicyclic) bond motifs is 1. The van der Waals surface area contributed by atoms with E-state index in [1.54, 1.807) is 0 Å². The second-order valence-electron chi connectivity index (χ2n) is 6.34. The van der Waals surface area contributed by atoms with Gasteiger partial charge in [0.25, 0.3) is 5.69 Å². The average molecular weight is 410 g/mol. The minimum absolute atomic E-state index is 0.0528. The number of hydrogen-bond donors (Lipinski definition) is 0. The monoisotopic (exact) mass is 410 g/mol. The van der Waals surface area contributed by atoms with Crippen LogP contribution in [0.25, 0.3) is 0 Å². The number of halogens is 3. The first-order valence-corrected chi connectivity index (χ1v) is 8.79. The molecular formula is C19H17F3N2O5. The molecule has 0 unspecified atom stereocenters. The Balaban J connectivity index is 1.60. The lowest BCUT2D eigenvalue weighted by atomic mass is 10.0. The molecule has 0 atom stereocenters. The van der Waals surface area contributed by atoms with Crippen molar-refractivity contribution in [3.63, 3.8) is 0 Å². The number of anilines is 1. The highest BCUT2D eigenvalue weighted by molar-refractivity contribution is 5.94. The van der Waals surface area contributed by atoms with Gasteiger partial charge in [0.1, 0.15) is 11.5 Å². The van der Waals surface area contributed by atoms with Crippen LogP contribution in [-0.2, 0) is 11.2 Å². The molecule has 7 nitrogen and oxygen atoms in total.